The molecule has 0 aliphatic carbocycles. The molecule has 4 heterocycles. The van der Waals surface area contributed by atoms with Gasteiger partial charge in [0.25, 0.3) is 0 Å². The fraction of sp³-hybridized carbons (Fsp3) is 0. The van der Waals surface area contributed by atoms with Crippen LogP contribution in [0, 0.1) is 0 Å². The van der Waals surface area contributed by atoms with Gasteiger partial charge in [0.05, 0.1) is 22.9 Å². The Balaban J connectivity index is 1.04. The minimum absolute atomic E-state index is 0.551. The molecule has 7 aromatic carbocycles. The van der Waals surface area contributed by atoms with Gasteiger partial charge in [0.1, 0.15) is 11.1 Å². The first-order valence-electron chi connectivity index (χ1n) is 16.4. The second-order valence-corrected chi connectivity index (χ2v) is 13.6. The maximum Gasteiger partial charge on any atom is 0.246 e. The second-order valence-electron chi connectivity index (χ2n) is 12.6. The SMILES string of the molecule is c1cc(-c2cccc(-n3c4ccccc4c4c5sc6ccccc6c5ccc43)c2)cc(-c2cnc3c(n2)oc2c4ccccc4ccc32)c1. The van der Waals surface area contributed by atoms with E-state index in [9.17, 15) is 0 Å². The van der Waals surface area contributed by atoms with E-state index in [1.807, 2.05) is 29.7 Å². The van der Waals surface area contributed by atoms with Crippen molar-refractivity contribution in [3.05, 3.63) is 152 Å². The highest BCUT2D eigenvalue weighted by Crippen LogP contribution is 2.43. The van der Waals surface area contributed by atoms with Crippen molar-refractivity contribution in [2.75, 3.05) is 0 Å². The maximum atomic E-state index is 6.34. The highest BCUT2D eigenvalue weighted by atomic mass is 32.1. The molecule has 0 bridgehead atoms. The largest absolute Gasteiger partial charge is 0.436 e. The van der Waals surface area contributed by atoms with Crippen molar-refractivity contribution in [2.24, 2.45) is 0 Å². The maximum absolute atomic E-state index is 6.34. The molecule has 49 heavy (non-hydrogen) atoms. The molecule has 0 unspecified atom stereocenters. The van der Waals surface area contributed by atoms with Crippen LogP contribution in [-0.4, -0.2) is 14.5 Å². The number of rotatable bonds is 3. The lowest BCUT2D eigenvalue weighted by molar-refractivity contribution is 0.657. The molecule has 0 aliphatic rings. The average molecular weight is 644 g/mol. The Hall–Kier alpha value is -6.30. The van der Waals surface area contributed by atoms with Crippen molar-refractivity contribution in [3.8, 4) is 28.1 Å². The van der Waals surface area contributed by atoms with Crippen molar-refractivity contribution < 1.29 is 4.42 Å². The van der Waals surface area contributed by atoms with Gasteiger partial charge in [-0.05, 0) is 59.0 Å². The standard InChI is InChI=1S/C44H25N3OS/c1-2-14-31-26(9-1)19-20-35-41-44(48-42(31)35)46-36(25-45-41)29-12-7-10-27(23-29)28-11-8-13-30(24-28)47-37-17-5-3-16-34(37)40-38(47)22-21-33-32-15-4-6-18-39(32)49-43(33)40/h1-25H. The van der Waals surface area contributed by atoms with E-state index < -0.39 is 0 Å². The quantitative estimate of drug-likeness (QED) is 0.192. The van der Waals surface area contributed by atoms with E-state index in [1.165, 1.54) is 42.0 Å². The van der Waals surface area contributed by atoms with Crippen LogP contribution in [0.15, 0.2) is 156 Å². The van der Waals surface area contributed by atoms with Crippen LogP contribution in [0.1, 0.15) is 0 Å². The van der Waals surface area contributed by atoms with Crippen molar-refractivity contribution in [1.29, 1.82) is 0 Å². The van der Waals surface area contributed by atoms with Crippen LogP contribution in [0.3, 0.4) is 0 Å². The average Bonchev–Trinajstić information content (AvgIpc) is 3.84. The van der Waals surface area contributed by atoms with Gasteiger partial charge >= 0.3 is 0 Å². The van der Waals surface area contributed by atoms with Gasteiger partial charge in [-0.2, -0.15) is 0 Å². The first kappa shape index (κ1) is 26.7. The first-order chi connectivity index (χ1) is 24.3. The van der Waals surface area contributed by atoms with Crippen LogP contribution in [0.4, 0.5) is 0 Å². The fourth-order valence-electron chi connectivity index (χ4n) is 7.60. The smallest absolute Gasteiger partial charge is 0.246 e. The lowest BCUT2D eigenvalue weighted by atomic mass is 10.0. The number of hydrogen-bond acceptors (Lipinski definition) is 4. The predicted molar refractivity (Wildman–Crippen MR) is 205 cm³/mol. The molecule has 0 radical (unpaired) electrons. The molecule has 0 amide bonds. The van der Waals surface area contributed by atoms with Gasteiger partial charge in [-0.15, -0.1) is 11.3 Å². The normalized spacial score (nSPS) is 12.1. The molecule has 0 aliphatic heterocycles. The number of fused-ring (bicyclic) bond motifs is 12. The Morgan fingerprint density at radius 2 is 1.31 bits per heavy atom. The van der Waals surface area contributed by atoms with Crippen molar-refractivity contribution >= 4 is 86.3 Å². The summed E-state index contributed by atoms with van der Waals surface area (Å²) < 4.78 is 11.4. The van der Waals surface area contributed by atoms with E-state index >= 15 is 0 Å². The van der Waals surface area contributed by atoms with Gasteiger partial charge in [-0.1, -0.05) is 103 Å². The van der Waals surface area contributed by atoms with E-state index in [0.717, 1.165) is 55.3 Å². The van der Waals surface area contributed by atoms with Gasteiger partial charge in [-0.25, -0.2) is 9.97 Å². The predicted octanol–water partition coefficient (Wildman–Crippen LogP) is 12.3. The lowest BCUT2D eigenvalue weighted by Gasteiger charge is -2.11. The van der Waals surface area contributed by atoms with Crippen LogP contribution < -0.4 is 0 Å². The number of aromatic nitrogens is 3. The summed E-state index contributed by atoms with van der Waals surface area (Å²) in [4.78, 5) is 9.80. The first-order valence-corrected chi connectivity index (χ1v) is 17.2. The summed E-state index contributed by atoms with van der Waals surface area (Å²) in [6.45, 7) is 0. The summed E-state index contributed by atoms with van der Waals surface area (Å²) in [6, 6.07) is 51.9. The molecular weight excluding hydrogens is 619 g/mol. The molecule has 0 fully saturated rings. The van der Waals surface area contributed by atoms with Gasteiger partial charge in [-0.3, -0.25) is 0 Å². The molecule has 5 heteroatoms. The van der Waals surface area contributed by atoms with E-state index in [2.05, 4.69) is 138 Å². The van der Waals surface area contributed by atoms with Crippen molar-refractivity contribution in [2.45, 2.75) is 0 Å². The molecule has 0 spiro atoms. The van der Waals surface area contributed by atoms with E-state index in [0.29, 0.717) is 5.71 Å². The van der Waals surface area contributed by atoms with Gasteiger partial charge in [0.15, 0.2) is 0 Å². The number of nitrogens with zero attached hydrogens (tertiary/aromatic N) is 3. The molecule has 4 nitrogen and oxygen atoms in total. The summed E-state index contributed by atoms with van der Waals surface area (Å²) in [7, 11) is 0. The number of thiophene rings is 1. The van der Waals surface area contributed by atoms with Crippen LogP contribution in [0.2, 0.25) is 0 Å². The third kappa shape index (κ3) is 3.91. The van der Waals surface area contributed by atoms with Crippen molar-refractivity contribution in [3.63, 3.8) is 0 Å². The molecule has 0 saturated heterocycles. The van der Waals surface area contributed by atoms with Crippen LogP contribution >= 0.6 is 11.3 Å². The zero-order valence-corrected chi connectivity index (χ0v) is 26.9. The molecule has 0 N–H and O–H groups in total. The Morgan fingerprint density at radius 1 is 0.551 bits per heavy atom. The van der Waals surface area contributed by atoms with Gasteiger partial charge in [0, 0.05) is 53.0 Å². The number of para-hydroxylation sites is 1. The zero-order chi connectivity index (χ0) is 32.1. The minimum Gasteiger partial charge on any atom is -0.436 e. The summed E-state index contributed by atoms with van der Waals surface area (Å²) in [5, 5.41) is 8.41. The Kier molecular flexibility index (Phi) is 5.51. The van der Waals surface area contributed by atoms with Gasteiger partial charge in [0.2, 0.25) is 5.71 Å². The summed E-state index contributed by atoms with van der Waals surface area (Å²) >= 11 is 1.88. The van der Waals surface area contributed by atoms with E-state index in [1.54, 1.807) is 0 Å². The van der Waals surface area contributed by atoms with Crippen molar-refractivity contribution in [1.82, 2.24) is 14.5 Å². The number of furan rings is 1. The molecule has 0 atom stereocenters. The van der Waals surface area contributed by atoms with Crippen LogP contribution in [-0.2, 0) is 0 Å². The van der Waals surface area contributed by atoms with Gasteiger partial charge < -0.3 is 8.98 Å². The molecule has 11 rings (SSSR count). The second kappa shape index (κ2) is 10.1. The highest BCUT2D eigenvalue weighted by Gasteiger charge is 2.18. The van der Waals surface area contributed by atoms with Crippen LogP contribution in [0.5, 0.6) is 0 Å². The third-order valence-electron chi connectivity index (χ3n) is 9.85. The third-order valence-corrected chi connectivity index (χ3v) is 11.1. The lowest BCUT2D eigenvalue weighted by Crippen LogP contribution is -1.94. The van der Waals surface area contributed by atoms with E-state index in [-0.39, 0.29) is 0 Å². The number of hydrogen-bond donors (Lipinski definition) is 0. The Bertz CT molecular complexity index is 3130. The molecule has 228 valence electrons. The fourth-order valence-corrected chi connectivity index (χ4v) is 8.86. The molecule has 4 aromatic heterocycles. The summed E-state index contributed by atoms with van der Waals surface area (Å²) in [6.07, 6.45) is 1.86. The molecular formula is C44H25N3OS. The Morgan fingerprint density at radius 3 is 2.24 bits per heavy atom. The topological polar surface area (TPSA) is 43.9 Å². The molecule has 0 saturated carbocycles. The Labute approximate surface area is 284 Å². The highest BCUT2D eigenvalue weighted by molar-refractivity contribution is 7.26. The minimum atomic E-state index is 0.551. The zero-order valence-electron chi connectivity index (χ0n) is 26.1. The monoisotopic (exact) mass is 643 g/mol. The molecule has 11 aromatic rings. The summed E-state index contributed by atoms with van der Waals surface area (Å²) in [5.74, 6) is 0. The van der Waals surface area contributed by atoms with Crippen LogP contribution in [0.25, 0.3) is 103 Å². The van der Waals surface area contributed by atoms with E-state index in [4.69, 9.17) is 14.4 Å². The number of benzene rings is 7. The summed E-state index contributed by atoms with van der Waals surface area (Å²) in [5.41, 5.74) is 9.74.